The molecular formula is C9H16N2O. The van der Waals surface area contributed by atoms with Crippen molar-refractivity contribution in [2.24, 2.45) is 5.92 Å². The molecule has 0 radical (unpaired) electrons. The molecule has 0 rings (SSSR count). The molecule has 0 saturated heterocycles. The van der Waals surface area contributed by atoms with Crippen molar-refractivity contribution in [1.82, 2.24) is 5.32 Å². The highest BCUT2D eigenvalue weighted by atomic mass is 16.1. The summed E-state index contributed by atoms with van der Waals surface area (Å²) in [6.07, 6.45) is 1.78. The van der Waals surface area contributed by atoms with Crippen molar-refractivity contribution in [2.45, 2.75) is 39.7 Å². The number of nitrogens with zero attached hydrogens (tertiary/aromatic N) is 1. The van der Waals surface area contributed by atoms with Crippen molar-refractivity contribution < 1.29 is 4.79 Å². The molecule has 0 fully saturated rings. The van der Waals surface area contributed by atoms with E-state index in [0.717, 1.165) is 12.8 Å². The number of carbonyl (C=O) groups excluding carboxylic acids is 1. The van der Waals surface area contributed by atoms with Crippen LogP contribution < -0.4 is 5.32 Å². The molecule has 0 spiro atoms. The first-order valence-electron chi connectivity index (χ1n) is 4.26. The predicted octanol–water partition coefficient (Wildman–Crippen LogP) is 1.45. The Labute approximate surface area is 73.8 Å². The maximum Gasteiger partial charge on any atom is 0.217 e. The Morgan fingerprint density at radius 2 is 2.25 bits per heavy atom. The molecule has 0 saturated carbocycles. The molecule has 68 valence electrons. The lowest BCUT2D eigenvalue weighted by atomic mass is 10.0. The monoisotopic (exact) mass is 168 g/mol. The van der Waals surface area contributed by atoms with Gasteiger partial charge in [-0.25, -0.2) is 0 Å². The van der Waals surface area contributed by atoms with Crippen molar-refractivity contribution in [3.8, 4) is 6.07 Å². The summed E-state index contributed by atoms with van der Waals surface area (Å²) in [4.78, 5) is 10.6. The number of rotatable bonds is 4. The van der Waals surface area contributed by atoms with Crippen LogP contribution in [-0.2, 0) is 4.79 Å². The van der Waals surface area contributed by atoms with Gasteiger partial charge >= 0.3 is 0 Å². The maximum atomic E-state index is 10.6. The zero-order valence-electron chi connectivity index (χ0n) is 7.92. The van der Waals surface area contributed by atoms with Crippen LogP contribution in [-0.4, -0.2) is 11.9 Å². The number of nitrogens with one attached hydrogen (secondary N) is 1. The molecule has 0 bridgehead atoms. The molecule has 0 aromatic carbocycles. The smallest absolute Gasteiger partial charge is 0.217 e. The van der Waals surface area contributed by atoms with E-state index >= 15 is 0 Å². The minimum absolute atomic E-state index is 0.134. The summed E-state index contributed by atoms with van der Waals surface area (Å²) in [6, 6.07) is 1.74. The van der Waals surface area contributed by atoms with Crippen LogP contribution >= 0.6 is 0 Å². The number of hydrogen-bond donors (Lipinski definition) is 1. The summed E-state index contributed by atoms with van der Waals surface area (Å²) in [6.45, 7) is 5.58. The van der Waals surface area contributed by atoms with Gasteiger partial charge < -0.3 is 5.32 Å². The van der Waals surface area contributed by atoms with E-state index in [0.29, 0.717) is 5.92 Å². The van der Waals surface area contributed by atoms with Gasteiger partial charge in [0.15, 0.2) is 0 Å². The summed E-state index contributed by atoms with van der Waals surface area (Å²) in [5.74, 6) is 0.353. The molecule has 0 aliphatic heterocycles. The SMILES string of the molecule is CC[C@H](C)CC(C#N)NC(C)=O. The van der Waals surface area contributed by atoms with Crippen LogP contribution in [0.4, 0.5) is 0 Å². The first-order chi connectivity index (χ1) is 5.60. The van der Waals surface area contributed by atoms with Gasteiger partial charge in [-0.1, -0.05) is 20.3 Å². The minimum Gasteiger partial charge on any atom is -0.341 e. The number of hydrogen-bond acceptors (Lipinski definition) is 2. The van der Waals surface area contributed by atoms with Gasteiger partial charge in [-0.3, -0.25) is 4.79 Å². The Balaban J connectivity index is 3.85. The van der Waals surface area contributed by atoms with E-state index in [1.165, 1.54) is 6.92 Å². The Hall–Kier alpha value is -1.04. The van der Waals surface area contributed by atoms with Crippen LogP contribution in [0.3, 0.4) is 0 Å². The highest BCUT2D eigenvalue weighted by Gasteiger charge is 2.11. The summed E-state index contributed by atoms with van der Waals surface area (Å²) < 4.78 is 0. The van der Waals surface area contributed by atoms with Crippen LogP contribution in [0.2, 0.25) is 0 Å². The molecule has 1 unspecified atom stereocenters. The largest absolute Gasteiger partial charge is 0.341 e. The minimum atomic E-state index is -0.322. The second-order valence-electron chi connectivity index (χ2n) is 3.13. The van der Waals surface area contributed by atoms with E-state index in [1.807, 2.05) is 0 Å². The average Bonchev–Trinajstić information content (AvgIpc) is 2.02. The average molecular weight is 168 g/mol. The standard InChI is InChI=1S/C9H16N2O/c1-4-7(2)5-9(6-10)11-8(3)12/h7,9H,4-5H2,1-3H3,(H,11,12)/t7-,9?/m0/s1. The highest BCUT2D eigenvalue weighted by molar-refractivity contribution is 5.73. The molecular weight excluding hydrogens is 152 g/mol. The van der Waals surface area contributed by atoms with Crippen LogP contribution in [0.15, 0.2) is 0 Å². The summed E-state index contributed by atoms with van der Waals surface area (Å²) in [5.41, 5.74) is 0. The topological polar surface area (TPSA) is 52.9 Å². The summed E-state index contributed by atoms with van der Waals surface area (Å²) >= 11 is 0. The first-order valence-corrected chi connectivity index (χ1v) is 4.26. The molecule has 3 nitrogen and oxygen atoms in total. The zero-order chi connectivity index (χ0) is 9.56. The van der Waals surface area contributed by atoms with Crippen molar-refractivity contribution in [3.05, 3.63) is 0 Å². The van der Waals surface area contributed by atoms with Crippen molar-refractivity contribution >= 4 is 5.91 Å². The van der Waals surface area contributed by atoms with Gasteiger partial charge in [0.25, 0.3) is 0 Å². The number of amides is 1. The van der Waals surface area contributed by atoms with E-state index in [9.17, 15) is 4.79 Å². The molecule has 1 amide bonds. The molecule has 2 atom stereocenters. The van der Waals surface area contributed by atoms with Gasteiger partial charge in [0.1, 0.15) is 6.04 Å². The van der Waals surface area contributed by atoms with Crippen LogP contribution in [0.1, 0.15) is 33.6 Å². The third-order valence-corrected chi connectivity index (χ3v) is 1.87. The fourth-order valence-corrected chi connectivity index (χ4v) is 0.958. The maximum absolute atomic E-state index is 10.6. The van der Waals surface area contributed by atoms with E-state index < -0.39 is 0 Å². The van der Waals surface area contributed by atoms with Gasteiger partial charge in [0, 0.05) is 6.92 Å². The molecule has 0 aliphatic carbocycles. The van der Waals surface area contributed by atoms with Crippen LogP contribution in [0.5, 0.6) is 0 Å². The molecule has 0 heterocycles. The Bertz CT molecular complexity index is 183. The van der Waals surface area contributed by atoms with Crippen molar-refractivity contribution in [1.29, 1.82) is 5.26 Å². The quantitative estimate of drug-likeness (QED) is 0.690. The third kappa shape index (κ3) is 4.73. The van der Waals surface area contributed by atoms with Crippen LogP contribution in [0.25, 0.3) is 0 Å². The fourth-order valence-electron chi connectivity index (χ4n) is 0.958. The molecule has 12 heavy (non-hydrogen) atoms. The molecule has 1 N–H and O–H groups in total. The third-order valence-electron chi connectivity index (χ3n) is 1.87. The lowest BCUT2D eigenvalue weighted by molar-refractivity contribution is -0.119. The Kier molecular flexibility index (Phi) is 5.11. The van der Waals surface area contributed by atoms with Crippen molar-refractivity contribution in [3.63, 3.8) is 0 Å². The zero-order valence-corrected chi connectivity index (χ0v) is 7.92. The normalized spacial score (nSPS) is 14.5. The van der Waals surface area contributed by atoms with E-state index in [1.54, 1.807) is 0 Å². The van der Waals surface area contributed by atoms with Gasteiger partial charge in [-0.05, 0) is 12.3 Å². The molecule has 0 aromatic rings. The van der Waals surface area contributed by atoms with Crippen LogP contribution in [0, 0.1) is 17.2 Å². The second-order valence-corrected chi connectivity index (χ2v) is 3.13. The van der Waals surface area contributed by atoms with E-state index in [2.05, 4.69) is 25.2 Å². The molecule has 0 aromatic heterocycles. The molecule has 0 aliphatic rings. The lowest BCUT2D eigenvalue weighted by Crippen LogP contribution is -2.33. The van der Waals surface area contributed by atoms with E-state index in [-0.39, 0.29) is 11.9 Å². The lowest BCUT2D eigenvalue weighted by Gasteiger charge is -2.13. The molecule has 3 heteroatoms. The summed E-state index contributed by atoms with van der Waals surface area (Å²) in [7, 11) is 0. The highest BCUT2D eigenvalue weighted by Crippen LogP contribution is 2.08. The van der Waals surface area contributed by atoms with Gasteiger partial charge in [0.05, 0.1) is 6.07 Å². The first kappa shape index (κ1) is 11.0. The predicted molar refractivity (Wildman–Crippen MR) is 47.3 cm³/mol. The van der Waals surface area contributed by atoms with Gasteiger partial charge in [-0.15, -0.1) is 0 Å². The van der Waals surface area contributed by atoms with E-state index in [4.69, 9.17) is 5.26 Å². The van der Waals surface area contributed by atoms with Gasteiger partial charge in [0.2, 0.25) is 5.91 Å². The van der Waals surface area contributed by atoms with Gasteiger partial charge in [-0.2, -0.15) is 5.26 Å². The Morgan fingerprint density at radius 1 is 1.67 bits per heavy atom. The Morgan fingerprint density at radius 3 is 2.58 bits per heavy atom. The summed E-state index contributed by atoms with van der Waals surface area (Å²) in [5, 5.41) is 11.2. The second kappa shape index (κ2) is 5.59. The fraction of sp³-hybridized carbons (Fsp3) is 0.778. The van der Waals surface area contributed by atoms with Crippen molar-refractivity contribution in [2.75, 3.05) is 0 Å². The number of nitriles is 1. The number of carbonyl (C=O) groups is 1.